The lowest BCUT2D eigenvalue weighted by molar-refractivity contribution is -0.582. The highest BCUT2D eigenvalue weighted by Crippen LogP contribution is 2.17. The van der Waals surface area contributed by atoms with Crippen LogP contribution >= 0.6 is 11.3 Å². The van der Waals surface area contributed by atoms with Crippen molar-refractivity contribution in [2.45, 2.75) is 6.92 Å². The summed E-state index contributed by atoms with van der Waals surface area (Å²) in [6.07, 6.45) is 3.67. The molecule has 4 heteroatoms. The molecular formula is C10H8N3S+. The number of nitrogens with zero attached hydrogens (tertiary/aromatic N) is 3. The van der Waals surface area contributed by atoms with Crippen LogP contribution in [-0.4, -0.2) is 10.1 Å². The van der Waals surface area contributed by atoms with E-state index in [4.69, 9.17) is 0 Å². The third-order valence-corrected chi connectivity index (χ3v) is 3.27. The first kappa shape index (κ1) is 7.82. The van der Waals surface area contributed by atoms with Gasteiger partial charge in [-0.05, 0) is 21.7 Å². The molecule has 0 atom stereocenters. The van der Waals surface area contributed by atoms with Crippen LogP contribution in [-0.2, 0) is 0 Å². The molecule has 0 spiro atoms. The fourth-order valence-corrected chi connectivity index (χ4v) is 2.48. The first-order chi connectivity index (χ1) is 6.86. The lowest BCUT2D eigenvalue weighted by Crippen LogP contribution is -2.26. The van der Waals surface area contributed by atoms with Crippen LogP contribution in [0.3, 0.4) is 0 Å². The molecule has 3 aromatic rings. The second-order valence-corrected chi connectivity index (χ2v) is 4.04. The van der Waals surface area contributed by atoms with Gasteiger partial charge in [-0.25, -0.2) is 4.98 Å². The van der Waals surface area contributed by atoms with E-state index in [2.05, 4.69) is 15.5 Å². The summed E-state index contributed by atoms with van der Waals surface area (Å²) in [6.45, 7) is 2.05. The van der Waals surface area contributed by atoms with Gasteiger partial charge in [0.1, 0.15) is 6.20 Å². The maximum atomic E-state index is 4.37. The minimum atomic E-state index is 1.03. The molecule has 14 heavy (non-hydrogen) atoms. The van der Waals surface area contributed by atoms with Crippen molar-refractivity contribution >= 4 is 27.1 Å². The van der Waals surface area contributed by atoms with Gasteiger partial charge in [-0.2, -0.15) is 0 Å². The summed E-state index contributed by atoms with van der Waals surface area (Å²) in [7, 11) is 0. The molecule has 3 aromatic heterocycles. The second-order valence-electron chi connectivity index (χ2n) is 3.18. The summed E-state index contributed by atoms with van der Waals surface area (Å²) in [5, 5.41) is 7.54. The number of pyridine rings is 1. The van der Waals surface area contributed by atoms with E-state index >= 15 is 0 Å². The second kappa shape index (κ2) is 2.72. The monoisotopic (exact) mass is 202 g/mol. The molecule has 0 aliphatic rings. The van der Waals surface area contributed by atoms with Gasteiger partial charge < -0.3 is 0 Å². The SMILES string of the molecule is Cc1csc2c3ncccc3cn[n+]12. The van der Waals surface area contributed by atoms with Gasteiger partial charge in [0.25, 0.3) is 0 Å². The Bertz CT molecular complexity index is 615. The topological polar surface area (TPSA) is 29.9 Å². The lowest BCUT2D eigenvalue weighted by Gasteiger charge is -1.90. The lowest BCUT2D eigenvalue weighted by atomic mass is 10.3. The molecule has 0 aromatic carbocycles. The average Bonchev–Trinajstić information content (AvgIpc) is 2.61. The number of fused-ring (bicyclic) bond motifs is 3. The number of aryl methyl sites for hydroxylation is 1. The Hall–Kier alpha value is -1.55. The van der Waals surface area contributed by atoms with Crippen molar-refractivity contribution in [1.82, 2.24) is 10.1 Å². The predicted octanol–water partition coefficient (Wildman–Crippen LogP) is 1.74. The molecule has 0 aliphatic carbocycles. The number of hydrogen-bond donors (Lipinski definition) is 0. The number of aromatic nitrogens is 3. The largest absolute Gasteiger partial charge is 0.320 e. The summed E-state index contributed by atoms with van der Waals surface area (Å²) in [4.78, 5) is 5.48. The molecule has 0 saturated carbocycles. The van der Waals surface area contributed by atoms with Crippen molar-refractivity contribution in [3.63, 3.8) is 0 Å². The highest BCUT2D eigenvalue weighted by molar-refractivity contribution is 7.15. The third-order valence-electron chi connectivity index (χ3n) is 2.22. The fraction of sp³-hybridized carbons (Fsp3) is 0.100. The van der Waals surface area contributed by atoms with Crippen molar-refractivity contribution < 1.29 is 4.52 Å². The quantitative estimate of drug-likeness (QED) is 0.520. The molecule has 3 nitrogen and oxygen atoms in total. The first-order valence-electron chi connectivity index (χ1n) is 4.36. The van der Waals surface area contributed by atoms with Crippen molar-refractivity contribution in [2.24, 2.45) is 0 Å². The highest BCUT2D eigenvalue weighted by atomic mass is 32.1. The number of thiazole rings is 1. The fourth-order valence-electron chi connectivity index (χ4n) is 1.52. The predicted molar refractivity (Wildman–Crippen MR) is 55.3 cm³/mol. The molecule has 0 radical (unpaired) electrons. The number of rotatable bonds is 0. The van der Waals surface area contributed by atoms with Gasteiger partial charge in [0.05, 0.1) is 5.38 Å². The molecule has 0 bridgehead atoms. The highest BCUT2D eigenvalue weighted by Gasteiger charge is 2.15. The zero-order valence-corrected chi connectivity index (χ0v) is 8.45. The zero-order valence-electron chi connectivity index (χ0n) is 7.64. The first-order valence-corrected chi connectivity index (χ1v) is 5.24. The molecule has 0 amide bonds. The van der Waals surface area contributed by atoms with E-state index in [0.29, 0.717) is 0 Å². The van der Waals surface area contributed by atoms with E-state index in [1.54, 1.807) is 11.3 Å². The Labute approximate surface area is 84.7 Å². The van der Waals surface area contributed by atoms with Crippen LogP contribution in [0.5, 0.6) is 0 Å². The molecule has 0 saturated heterocycles. The number of hydrogen-bond acceptors (Lipinski definition) is 3. The summed E-state index contributed by atoms with van der Waals surface area (Å²) in [6, 6.07) is 3.96. The minimum Gasteiger partial charge on any atom is -0.248 e. The van der Waals surface area contributed by atoms with Gasteiger partial charge in [-0.1, -0.05) is 11.3 Å². The molecule has 0 unspecified atom stereocenters. The van der Waals surface area contributed by atoms with Crippen molar-refractivity contribution in [1.29, 1.82) is 0 Å². The van der Waals surface area contributed by atoms with Crippen molar-refractivity contribution in [2.75, 3.05) is 0 Å². The van der Waals surface area contributed by atoms with Crippen molar-refractivity contribution in [3.8, 4) is 0 Å². The Kier molecular flexibility index (Phi) is 1.52. The minimum absolute atomic E-state index is 1.03. The smallest absolute Gasteiger partial charge is 0.248 e. The van der Waals surface area contributed by atoms with Crippen LogP contribution in [0.15, 0.2) is 29.9 Å². The van der Waals surface area contributed by atoms with E-state index in [1.165, 1.54) is 0 Å². The normalized spacial score (nSPS) is 11.2. The van der Waals surface area contributed by atoms with Crippen LogP contribution in [0.4, 0.5) is 0 Å². The molecule has 0 N–H and O–H groups in total. The third kappa shape index (κ3) is 0.943. The van der Waals surface area contributed by atoms with Gasteiger partial charge in [0.15, 0.2) is 5.52 Å². The van der Waals surface area contributed by atoms with Crippen molar-refractivity contribution in [3.05, 3.63) is 35.6 Å². The van der Waals surface area contributed by atoms with Crippen LogP contribution in [0.2, 0.25) is 0 Å². The van der Waals surface area contributed by atoms with Gasteiger partial charge in [0, 0.05) is 18.5 Å². The van der Waals surface area contributed by atoms with Gasteiger partial charge in [0.2, 0.25) is 5.69 Å². The molecular weight excluding hydrogens is 194 g/mol. The van der Waals surface area contributed by atoms with Gasteiger partial charge in [-0.3, -0.25) is 0 Å². The molecule has 0 fully saturated rings. The van der Waals surface area contributed by atoms with E-state index in [1.807, 2.05) is 36.0 Å². The van der Waals surface area contributed by atoms with E-state index in [-0.39, 0.29) is 0 Å². The Morgan fingerprint density at radius 1 is 1.43 bits per heavy atom. The van der Waals surface area contributed by atoms with Crippen LogP contribution in [0, 0.1) is 6.92 Å². The standard InChI is InChI=1S/C10H8N3S/c1-7-6-14-10-9-8(3-2-4-11-9)5-12-13(7)10/h2-6H,1H3/q+1. The van der Waals surface area contributed by atoms with Crippen LogP contribution in [0.25, 0.3) is 15.7 Å². The zero-order chi connectivity index (χ0) is 9.54. The average molecular weight is 202 g/mol. The molecule has 68 valence electrons. The van der Waals surface area contributed by atoms with E-state index < -0.39 is 0 Å². The van der Waals surface area contributed by atoms with E-state index in [9.17, 15) is 0 Å². The molecule has 3 rings (SSSR count). The van der Waals surface area contributed by atoms with Crippen LogP contribution < -0.4 is 4.52 Å². The summed E-state index contributed by atoms with van der Waals surface area (Å²) in [5.74, 6) is 0. The van der Waals surface area contributed by atoms with Gasteiger partial charge in [-0.15, -0.1) is 0 Å². The summed E-state index contributed by atoms with van der Waals surface area (Å²) < 4.78 is 1.93. The summed E-state index contributed by atoms with van der Waals surface area (Å²) >= 11 is 1.68. The molecule has 0 aliphatic heterocycles. The Balaban J connectivity index is 2.61. The maximum Gasteiger partial charge on any atom is 0.320 e. The van der Waals surface area contributed by atoms with Gasteiger partial charge >= 0.3 is 4.83 Å². The summed E-state index contributed by atoms with van der Waals surface area (Å²) in [5.41, 5.74) is 2.18. The molecule has 3 heterocycles. The van der Waals surface area contributed by atoms with Crippen LogP contribution in [0.1, 0.15) is 5.69 Å². The Morgan fingerprint density at radius 3 is 3.29 bits per heavy atom. The van der Waals surface area contributed by atoms with E-state index in [0.717, 1.165) is 21.4 Å². The Morgan fingerprint density at radius 2 is 2.36 bits per heavy atom. The maximum absolute atomic E-state index is 4.37.